The second-order valence-corrected chi connectivity index (χ2v) is 8.22. The van der Waals surface area contributed by atoms with Crippen molar-refractivity contribution < 1.29 is 24.3 Å². The number of carboxylic acid groups (broad SMARTS) is 1. The van der Waals surface area contributed by atoms with E-state index in [1.165, 1.54) is 41.4 Å². The fraction of sp³-hybridized carbons (Fsp3) is 0.0800. The average Bonchev–Trinajstić information content (AvgIpc) is 3.36. The summed E-state index contributed by atoms with van der Waals surface area (Å²) in [5.74, 6) is -3.87. The number of carbonyl (C=O) groups is 4. The third kappa shape index (κ3) is 3.45. The predicted octanol–water partition coefficient (Wildman–Crippen LogP) is 3.66. The van der Waals surface area contributed by atoms with Crippen molar-refractivity contribution in [3.63, 3.8) is 0 Å². The van der Waals surface area contributed by atoms with Crippen molar-refractivity contribution >= 4 is 52.3 Å². The van der Waals surface area contributed by atoms with E-state index in [2.05, 4.69) is 5.10 Å². The number of hydrogen-bond donors (Lipinski definition) is 1. The number of amides is 2. The van der Waals surface area contributed by atoms with Crippen molar-refractivity contribution in [1.82, 2.24) is 0 Å². The maximum absolute atomic E-state index is 13.5. The van der Waals surface area contributed by atoms with Crippen LogP contribution in [0.4, 0.5) is 11.4 Å². The van der Waals surface area contributed by atoms with Gasteiger partial charge in [0.15, 0.2) is 0 Å². The smallest absolute Gasteiger partial charge is 0.335 e. The third-order valence-electron chi connectivity index (χ3n) is 5.78. The van der Waals surface area contributed by atoms with Gasteiger partial charge in [-0.25, -0.2) is 9.69 Å². The minimum absolute atomic E-state index is 0.0223. The molecule has 0 unspecified atom stereocenters. The topological polar surface area (TPSA) is 107 Å². The molecule has 3 aromatic rings. The Morgan fingerprint density at radius 2 is 1.41 bits per heavy atom. The minimum Gasteiger partial charge on any atom is -0.478 e. The summed E-state index contributed by atoms with van der Waals surface area (Å²) < 4.78 is 0. The molecule has 1 N–H and O–H groups in total. The predicted molar refractivity (Wildman–Crippen MR) is 125 cm³/mol. The molecular weight excluding hydrogens is 458 g/mol. The van der Waals surface area contributed by atoms with E-state index in [0.29, 0.717) is 16.3 Å². The summed E-state index contributed by atoms with van der Waals surface area (Å²) >= 11 is 5.94. The lowest BCUT2D eigenvalue weighted by Crippen LogP contribution is -2.39. The number of fused-ring (bicyclic) bond motifs is 1. The van der Waals surface area contributed by atoms with Crippen molar-refractivity contribution in [1.29, 1.82) is 0 Å². The molecule has 1 saturated heterocycles. The van der Waals surface area contributed by atoms with E-state index in [4.69, 9.17) is 16.7 Å². The van der Waals surface area contributed by atoms with Gasteiger partial charge in [0, 0.05) is 10.6 Å². The Kier molecular flexibility index (Phi) is 5.22. The Bertz CT molecular complexity index is 1350. The van der Waals surface area contributed by atoms with Crippen LogP contribution in [0, 0.1) is 5.92 Å². The van der Waals surface area contributed by atoms with E-state index in [1.54, 1.807) is 42.5 Å². The number of carboxylic acids is 1. The van der Waals surface area contributed by atoms with E-state index in [-0.39, 0.29) is 17.0 Å². The van der Waals surface area contributed by atoms with Gasteiger partial charge >= 0.3 is 5.97 Å². The Morgan fingerprint density at radius 3 is 2.03 bits per heavy atom. The molecule has 34 heavy (non-hydrogen) atoms. The minimum atomic E-state index is -1.12. The van der Waals surface area contributed by atoms with Crippen molar-refractivity contribution in [2.24, 2.45) is 11.0 Å². The van der Waals surface area contributed by atoms with Gasteiger partial charge in [0.25, 0.3) is 5.91 Å². The maximum atomic E-state index is 13.5. The normalized spacial score (nSPS) is 19.3. The molecule has 2 amide bonds. The van der Waals surface area contributed by atoms with Crippen molar-refractivity contribution in [3.8, 4) is 0 Å². The van der Waals surface area contributed by atoms with Gasteiger partial charge in [-0.3, -0.25) is 19.4 Å². The van der Waals surface area contributed by atoms with Gasteiger partial charge in [0.05, 0.1) is 16.9 Å². The van der Waals surface area contributed by atoms with Crippen LogP contribution < -0.4 is 9.91 Å². The summed E-state index contributed by atoms with van der Waals surface area (Å²) in [6, 6.07) is 19.4. The Hall–Kier alpha value is -4.30. The lowest BCUT2D eigenvalue weighted by atomic mass is 9.92. The SMILES string of the molecule is O=C(O)c1ccc(N2C(=O)[C@H]3C(C(=O)c4ccc(Cl)cc4)=NN(c4ccccc4)[C@@H]3C2=O)cc1. The van der Waals surface area contributed by atoms with E-state index in [0.717, 1.165) is 4.90 Å². The molecule has 5 rings (SSSR count). The molecule has 8 nitrogen and oxygen atoms in total. The molecule has 0 bridgehead atoms. The molecule has 2 aliphatic heterocycles. The summed E-state index contributed by atoms with van der Waals surface area (Å²) in [4.78, 5) is 52.5. The Balaban J connectivity index is 1.58. The molecule has 2 atom stereocenters. The highest BCUT2D eigenvalue weighted by atomic mass is 35.5. The largest absolute Gasteiger partial charge is 0.478 e. The molecule has 0 radical (unpaired) electrons. The zero-order valence-corrected chi connectivity index (χ0v) is 18.2. The van der Waals surface area contributed by atoms with Crippen molar-refractivity contribution in [2.45, 2.75) is 6.04 Å². The van der Waals surface area contributed by atoms with Crippen LogP contribution in [-0.2, 0) is 9.59 Å². The van der Waals surface area contributed by atoms with Gasteiger partial charge in [-0.15, -0.1) is 0 Å². The van der Waals surface area contributed by atoms with E-state index in [9.17, 15) is 19.2 Å². The quantitative estimate of drug-likeness (QED) is 0.447. The van der Waals surface area contributed by atoms with E-state index < -0.39 is 35.5 Å². The van der Waals surface area contributed by atoms with Crippen LogP contribution in [0.5, 0.6) is 0 Å². The molecule has 0 aromatic heterocycles. The summed E-state index contributed by atoms with van der Waals surface area (Å²) in [6.45, 7) is 0. The third-order valence-corrected chi connectivity index (χ3v) is 6.03. The van der Waals surface area contributed by atoms with Crippen molar-refractivity contribution in [3.05, 3.63) is 95.0 Å². The standard InChI is InChI=1S/C25H16ClN3O5/c26-16-10-6-14(7-11-16)22(30)20-19-21(29(27-20)18-4-2-1-3-5-18)24(32)28(23(19)31)17-12-8-15(9-13-17)25(33)34/h1-13,19,21H,(H,33,34)/t19-,21-/m0/s1. The zero-order valence-electron chi connectivity index (χ0n) is 17.5. The second-order valence-electron chi connectivity index (χ2n) is 7.79. The van der Waals surface area contributed by atoms with Crippen LogP contribution in [0.2, 0.25) is 5.02 Å². The van der Waals surface area contributed by atoms with Crippen LogP contribution in [0.25, 0.3) is 0 Å². The van der Waals surface area contributed by atoms with Crippen molar-refractivity contribution in [2.75, 3.05) is 9.91 Å². The molecule has 2 aliphatic rings. The van der Waals surface area contributed by atoms with Crippen LogP contribution in [-0.4, -0.2) is 40.4 Å². The van der Waals surface area contributed by atoms with Gasteiger partial charge in [-0.1, -0.05) is 29.8 Å². The number of anilines is 2. The van der Waals surface area contributed by atoms with Gasteiger partial charge in [0.2, 0.25) is 11.7 Å². The fourth-order valence-corrected chi connectivity index (χ4v) is 4.28. The lowest BCUT2D eigenvalue weighted by Gasteiger charge is -2.22. The molecule has 0 spiro atoms. The summed E-state index contributed by atoms with van der Waals surface area (Å²) in [6.07, 6.45) is 0. The fourth-order valence-electron chi connectivity index (χ4n) is 4.15. The molecule has 9 heteroatoms. The molecular formula is C25H16ClN3O5. The number of Topliss-reactive ketones (excluding diaryl/α,β-unsaturated/α-hetero) is 1. The summed E-state index contributed by atoms with van der Waals surface area (Å²) in [5, 5.41) is 15.4. The maximum Gasteiger partial charge on any atom is 0.335 e. The Labute approximate surface area is 198 Å². The summed E-state index contributed by atoms with van der Waals surface area (Å²) in [5.41, 5.74) is 1.05. The monoisotopic (exact) mass is 473 g/mol. The number of rotatable bonds is 5. The molecule has 3 aromatic carbocycles. The zero-order chi connectivity index (χ0) is 24.0. The first kappa shape index (κ1) is 21.5. The lowest BCUT2D eigenvalue weighted by molar-refractivity contribution is -0.121. The number of carbonyl (C=O) groups excluding carboxylic acids is 3. The molecule has 168 valence electrons. The first-order chi connectivity index (χ1) is 16.4. The van der Waals surface area contributed by atoms with Crippen LogP contribution in [0.15, 0.2) is 84.0 Å². The number of nitrogens with zero attached hydrogens (tertiary/aromatic N) is 3. The van der Waals surface area contributed by atoms with Gasteiger partial charge in [-0.2, -0.15) is 5.10 Å². The average molecular weight is 474 g/mol. The highest BCUT2D eigenvalue weighted by Gasteiger charge is 2.58. The number of para-hydroxylation sites is 1. The molecule has 0 aliphatic carbocycles. The number of imide groups is 1. The highest BCUT2D eigenvalue weighted by molar-refractivity contribution is 6.53. The van der Waals surface area contributed by atoms with Gasteiger partial charge in [-0.05, 0) is 60.7 Å². The van der Waals surface area contributed by atoms with Crippen LogP contribution in [0.3, 0.4) is 0 Å². The molecule has 1 fully saturated rings. The number of hydrazone groups is 1. The molecule has 2 heterocycles. The summed E-state index contributed by atoms with van der Waals surface area (Å²) in [7, 11) is 0. The number of hydrogen-bond acceptors (Lipinski definition) is 6. The number of halogens is 1. The number of ketones is 1. The van der Waals surface area contributed by atoms with Gasteiger partial charge < -0.3 is 5.11 Å². The van der Waals surface area contributed by atoms with E-state index in [1.807, 2.05) is 0 Å². The number of benzene rings is 3. The van der Waals surface area contributed by atoms with Crippen LogP contribution >= 0.6 is 11.6 Å². The highest BCUT2D eigenvalue weighted by Crippen LogP contribution is 2.38. The first-order valence-corrected chi connectivity index (χ1v) is 10.7. The van der Waals surface area contributed by atoms with Gasteiger partial charge in [0.1, 0.15) is 17.7 Å². The second kappa shape index (κ2) is 8.24. The number of aromatic carboxylic acids is 1. The Morgan fingerprint density at radius 1 is 0.794 bits per heavy atom. The first-order valence-electron chi connectivity index (χ1n) is 10.3. The van der Waals surface area contributed by atoms with Crippen LogP contribution in [0.1, 0.15) is 20.7 Å². The van der Waals surface area contributed by atoms with E-state index >= 15 is 0 Å². The molecule has 0 saturated carbocycles.